The summed E-state index contributed by atoms with van der Waals surface area (Å²) in [5.41, 5.74) is 5.84. The number of rotatable bonds is 6. The van der Waals surface area contributed by atoms with Gasteiger partial charge in [0.05, 0.1) is 35.5 Å². The number of sulfone groups is 1. The van der Waals surface area contributed by atoms with Gasteiger partial charge < -0.3 is 5.32 Å². The van der Waals surface area contributed by atoms with Crippen LogP contribution in [0, 0.1) is 27.7 Å². The molecule has 1 N–H and O–H groups in total. The number of aryl methyl sites for hydroxylation is 3. The lowest BCUT2D eigenvalue weighted by molar-refractivity contribution is -0.111. The zero-order chi connectivity index (χ0) is 23.8. The number of benzene rings is 1. The fourth-order valence-corrected chi connectivity index (χ4v) is 5.85. The first-order valence-electron chi connectivity index (χ1n) is 11.0. The number of aromatic nitrogens is 4. The summed E-state index contributed by atoms with van der Waals surface area (Å²) in [5, 5.41) is 11.9. The second kappa shape index (κ2) is 8.97. The van der Waals surface area contributed by atoms with Gasteiger partial charge in [-0.25, -0.2) is 13.1 Å². The zero-order valence-electron chi connectivity index (χ0n) is 19.4. The maximum atomic E-state index is 12.7. The number of hydrogen-bond acceptors (Lipinski definition) is 5. The van der Waals surface area contributed by atoms with Gasteiger partial charge in [-0.2, -0.15) is 10.2 Å². The van der Waals surface area contributed by atoms with Gasteiger partial charge >= 0.3 is 0 Å². The van der Waals surface area contributed by atoms with E-state index in [1.165, 1.54) is 11.6 Å². The summed E-state index contributed by atoms with van der Waals surface area (Å²) in [4.78, 5) is 12.7. The average Bonchev–Trinajstić information content (AvgIpc) is 3.37. The lowest BCUT2D eigenvalue weighted by atomic mass is 10.1. The highest BCUT2D eigenvalue weighted by molar-refractivity contribution is 7.91. The normalized spacial score (nSPS) is 17.6. The summed E-state index contributed by atoms with van der Waals surface area (Å²) in [7, 11) is -3.05. The lowest BCUT2D eigenvalue weighted by Crippen LogP contribution is -2.18. The van der Waals surface area contributed by atoms with Crippen molar-refractivity contribution < 1.29 is 13.2 Å². The summed E-state index contributed by atoms with van der Waals surface area (Å²) < 4.78 is 27.3. The van der Waals surface area contributed by atoms with E-state index >= 15 is 0 Å². The number of carbonyl (C=O) groups is 1. The molecule has 2 aromatic heterocycles. The Morgan fingerprint density at radius 2 is 1.88 bits per heavy atom. The Morgan fingerprint density at radius 1 is 1.15 bits per heavy atom. The van der Waals surface area contributed by atoms with Crippen LogP contribution in [0.4, 0.5) is 5.82 Å². The van der Waals surface area contributed by atoms with Crippen molar-refractivity contribution in [3.63, 3.8) is 0 Å². The van der Waals surface area contributed by atoms with E-state index in [9.17, 15) is 13.2 Å². The quantitative estimate of drug-likeness (QED) is 0.561. The van der Waals surface area contributed by atoms with Crippen LogP contribution in [-0.2, 0) is 21.2 Å². The predicted octanol–water partition coefficient (Wildman–Crippen LogP) is 3.37. The molecule has 4 rings (SSSR count). The molecule has 1 aromatic carbocycles. The van der Waals surface area contributed by atoms with Crippen molar-refractivity contribution in [2.24, 2.45) is 0 Å². The van der Waals surface area contributed by atoms with Crippen molar-refractivity contribution in [1.82, 2.24) is 19.6 Å². The molecule has 1 amide bonds. The van der Waals surface area contributed by atoms with E-state index in [1.807, 2.05) is 25.5 Å². The molecule has 8 nitrogen and oxygen atoms in total. The van der Waals surface area contributed by atoms with Crippen LogP contribution in [0.15, 0.2) is 36.4 Å². The molecule has 1 aliphatic rings. The van der Waals surface area contributed by atoms with Crippen LogP contribution >= 0.6 is 0 Å². The van der Waals surface area contributed by atoms with Gasteiger partial charge in [-0.1, -0.05) is 29.8 Å². The molecule has 0 radical (unpaired) electrons. The fourth-order valence-electron chi connectivity index (χ4n) is 4.16. The van der Waals surface area contributed by atoms with E-state index in [0.717, 1.165) is 28.2 Å². The van der Waals surface area contributed by atoms with Gasteiger partial charge in [0.25, 0.3) is 0 Å². The fraction of sp³-hybridized carbons (Fsp3) is 0.375. The molecule has 0 saturated carbocycles. The van der Waals surface area contributed by atoms with Gasteiger partial charge in [0, 0.05) is 23.4 Å². The molecule has 174 valence electrons. The van der Waals surface area contributed by atoms with E-state index in [2.05, 4.69) is 46.7 Å². The standard InChI is InChI=1S/C24H29N5O3S/c1-16-5-7-20(8-6-16)14-28-19(4)22(18(3)27-28)9-10-24(30)25-23-13-17(2)26-29(23)21-11-12-33(31,32)15-21/h5-10,13,21H,11-12,14-15H2,1-4H3,(H,25,30)/b10-9+. The van der Waals surface area contributed by atoms with E-state index in [0.29, 0.717) is 18.8 Å². The first-order valence-corrected chi connectivity index (χ1v) is 12.8. The van der Waals surface area contributed by atoms with E-state index in [4.69, 9.17) is 0 Å². The summed E-state index contributed by atoms with van der Waals surface area (Å²) in [6, 6.07) is 9.85. The molecule has 3 heterocycles. The molecular formula is C24H29N5O3S. The van der Waals surface area contributed by atoms with Crippen molar-refractivity contribution in [2.45, 2.75) is 46.7 Å². The molecule has 3 aromatic rings. The highest BCUT2D eigenvalue weighted by atomic mass is 32.2. The number of nitrogens with zero attached hydrogens (tertiary/aromatic N) is 4. The van der Waals surface area contributed by atoms with Crippen LogP contribution in [0.3, 0.4) is 0 Å². The molecule has 1 fully saturated rings. The molecule has 0 spiro atoms. The second-order valence-corrected chi connectivity index (χ2v) is 11.0. The minimum atomic E-state index is -3.05. The van der Waals surface area contributed by atoms with Crippen LogP contribution in [-0.4, -0.2) is 45.4 Å². The van der Waals surface area contributed by atoms with Gasteiger partial charge in [-0.3, -0.25) is 9.48 Å². The van der Waals surface area contributed by atoms with Crippen LogP contribution in [0.2, 0.25) is 0 Å². The largest absolute Gasteiger partial charge is 0.307 e. The molecule has 1 aliphatic heterocycles. The van der Waals surface area contributed by atoms with E-state index in [-0.39, 0.29) is 23.5 Å². The predicted molar refractivity (Wildman–Crippen MR) is 129 cm³/mol. The molecule has 0 bridgehead atoms. The van der Waals surface area contributed by atoms with Crippen LogP contribution < -0.4 is 5.32 Å². The molecule has 1 atom stereocenters. The average molecular weight is 468 g/mol. The monoisotopic (exact) mass is 467 g/mol. The molecule has 33 heavy (non-hydrogen) atoms. The van der Waals surface area contributed by atoms with Crippen molar-refractivity contribution in [3.05, 3.63) is 70.2 Å². The Kier molecular flexibility index (Phi) is 6.25. The first-order chi connectivity index (χ1) is 15.6. The molecule has 1 unspecified atom stereocenters. The van der Waals surface area contributed by atoms with Crippen LogP contribution in [0.25, 0.3) is 6.08 Å². The Morgan fingerprint density at radius 3 is 2.55 bits per heavy atom. The molecular weight excluding hydrogens is 438 g/mol. The second-order valence-electron chi connectivity index (χ2n) is 8.72. The maximum absolute atomic E-state index is 12.7. The highest BCUT2D eigenvalue weighted by Crippen LogP contribution is 2.27. The van der Waals surface area contributed by atoms with Crippen molar-refractivity contribution >= 4 is 27.6 Å². The number of amides is 1. The first kappa shape index (κ1) is 23.0. The minimum Gasteiger partial charge on any atom is -0.307 e. The molecule has 0 aliphatic carbocycles. The third kappa shape index (κ3) is 5.24. The minimum absolute atomic E-state index is 0.0470. The highest BCUT2D eigenvalue weighted by Gasteiger charge is 2.31. The number of carbonyl (C=O) groups excluding carboxylic acids is 1. The third-order valence-corrected chi connectivity index (χ3v) is 7.71. The summed E-state index contributed by atoms with van der Waals surface area (Å²) in [6.07, 6.45) is 3.75. The van der Waals surface area contributed by atoms with E-state index < -0.39 is 9.84 Å². The SMILES string of the molecule is Cc1ccc(Cn2nc(C)c(/C=C/C(=O)Nc3cc(C)nn3C3CCS(=O)(=O)C3)c2C)cc1. The van der Waals surface area contributed by atoms with Gasteiger partial charge in [-0.05, 0) is 45.8 Å². The van der Waals surface area contributed by atoms with Crippen LogP contribution in [0.1, 0.15) is 46.2 Å². The van der Waals surface area contributed by atoms with Crippen molar-refractivity contribution in [1.29, 1.82) is 0 Å². The summed E-state index contributed by atoms with van der Waals surface area (Å²) in [5.74, 6) is 0.398. The molecule has 1 saturated heterocycles. The zero-order valence-corrected chi connectivity index (χ0v) is 20.2. The Hall–Kier alpha value is -3.20. The van der Waals surface area contributed by atoms with Crippen LogP contribution in [0.5, 0.6) is 0 Å². The van der Waals surface area contributed by atoms with Crippen molar-refractivity contribution in [2.75, 3.05) is 16.8 Å². The Labute approximate surface area is 194 Å². The lowest BCUT2D eigenvalue weighted by Gasteiger charge is -2.13. The number of nitrogens with one attached hydrogen (secondary N) is 1. The number of hydrogen-bond donors (Lipinski definition) is 1. The molecule has 9 heteroatoms. The Balaban J connectivity index is 1.48. The third-order valence-electron chi connectivity index (χ3n) is 5.96. The van der Waals surface area contributed by atoms with E-state index in [1.54, 1.807) is 16.8 Å². The smallest absolute Gasteiger partial charge is 0.249 e. The summed E-state index contributed by atoms with van der Waals surface area (Å²) >= 11 is 0. The topological polar surface area (TPSA) is 98.9 Å². The van der Waals surface area contributed by atoms with Gasteiger partial charge in [0.1, 0.15) is 5.82 Å². The van der Waals surface area contributed by atoms with Gasteiger partial charge in [-0.15, -0.1) is 0 Å². The van der Waals surface area contributed by atoms with Gasteiger partial charge in [0.2, 0.25) is 5.91 Å². The maximum Gasteiger partial charge on any atom is 0.249 e. The number of anilines is 1. The summed E-state index contributed by atoms with van der Waals surface area (Å²) in [6.45, 7) is 8.46. The van der Waals surface area contributed by atoms with Gasteiger partial charge in [0.15, 0.2) is 9.84 Å². The Bertz CT molecular complexity index is 1320. The van der Waals surface area contributed by atoms with Crippen molar-refractivity contribution in [3.8, 4) is 0 Å².